The van der Waals surface area contributed by atoms with Gasteiger partial charge in [-0.3, -0.25) is 9.59 Å². The summed E-state index contributed by atoms with van der Waals surface area (Å²) < 4.78 is 38.4. The highest BCUT2D eigenvalue weighted by Gasteiger charge is 2.31. The molecule has 0 unspecified atom stereocenters. The summed E-state index contributed by atoms with van der Waals surface area (Å²) in [4.78, 5) is 33.2. The van der Waals surface area contributed by atoms with Gasteiger partial charge in [0.2, 0.25) is 0 Å². The van der Waals surface area contributed by atoms with E-state index in [0.29, 0.717) is 55.2 Å². The molecule has 1 aromatic carbocycles. The van der Waals surface area contributed by atoms with Gasteiger partial charge in [-0.1, -0.05) is 12.1 Å². The maximum absolute atomic E-state index is 13.3. The number of nitrogens with one attached hydrogen (secondary N) is 1. The van der Waals surface area contributed by atoms with Gasteiger partial charge in [-0.05, 0) is 42.1 Å². The van der Waals surface area contributed by atoms with Crippen LogP contribution in [-0.2, 0) is 6.18 Å². The zero-order valence-corrected chi connectivity index (χ0v) is 18.3. The zero-order chi connectivity index (χ0) is 23.4. The van der Waals surface area contributed by atoms with Crippen LogP contribution < -0.4 is 10.2 Å². The molecule has 4 rings (SSSR count). The molecule has 0 atom stereocenters. The van der Waals surface area contributed by atoms with E-state index < -0.39 is 11.7 Å². The van der Waals surface area contributed by atoms with Gasteiger partial charge in [-0.15, -0.1) is 0 Å². The minimum absolute atomic E-state index is 0.210. The van der Waals surface area contributed by atoms with Crippen molar-refractivity contribution < 1.29 is 22.8 Å². The van der Waals surface area contributed by atoms with Crippen LogP contribution >= 0.6 is 11.3 Å². The third kappa shape index (κ3) is 5.33. The molecule has 3 aromatic rings. The lowest BCUT2D eigenvalue weighted by Gasteiger charge is -2.24. The van der Waals surface area contributed by atoms with Crippen molar-refractivity contribution in [3.05, 3.63) is 76.1 Å². The summed E-state index contributed by atoms with van der Waals surface area (Å²) >= 11 is 1.41. The highest BCUT2D eigenvalue weighted by molar-refractivity contribution is 7.08. The molecular formula is C23H21F3N4O2S. The van der Waals surface area contributed by atoms with Crippen LogP contribution in [0.4, 0.5) is 24.7 Å². The number of rotatable bonds is 4. The number of carbonyl (C=O) groups excluding carboxylic acids is 2. The number of alkyl halides is 3. The van der Waals surface area contributed by atoms with E-state index in [1.807, 2.05) is 4.90 Å². The van der Waals surface area contributed by atoms with Crippen LogP contribution in [0, 0.1) is 0 Å². The Balaban J connectivity index is 1.44. The Morgan fingerprint density at radius 3 is 2.52 bits per heavy atom. The van der Waals surface area contributed by atoms with E-state index in [2.05, 4.69) is 10.3 Å². The summed E-state index contributed by atoms with van der Waals surface area (Å²) in [5.41, 5.74) is 0.557. The van der Waals surface area contributed by atoms with Gasteiger partial charge in [0.1, 0.15) is 5.82 Å². The maximum atomic E-state index is 13.3. The lowest BCUT2D eigenvalue weighted by molar-refractivity contribution is -0.137. The van der Waals surface area contributed by atoms with Crippen molar-refractivity contribution >= 4 is 34.7 Å². The molecule has 1 saturated heterocycles. The van der Waals surface area contributed by atoms with E-state index in [9.17, 15) is 22.8 Å². The third-order valence-corrected chi connectivity index (χ3v) is 6.05. The molecule has 1 aliphatic heterocycles. The summed E-state index contributed by atoms with van der Waals surface area (Å²) in [6, 6.07) is 10.9. The summed E-state index contributed by atoms with van der Waals surface area (Å²) in [7, 11) is 0. The number of hydrogen-bond acceptors (Lipinski definition) is 5. The number of aromatic nitrogens is 1. The van der Waals surface area contributed by atoms with Crippen LogP contribution in [-0.4, -0.2) is 47.9 Å². The number of amides is 2. The van der Waals surface area contributed by atoms with Crippen molar-refractivity contribution in [1.82, 2.24) is 9.88 Å². The Bertz CT molecular complexity index is 1120. The number of thiophene rings is 1. The minimum Gasteiger partial charge on any atom is -0.355 e. The molecule has 2 amide bonds. The molecule has 0 saturated carbocycles. The van der Waals surface area contributed by atoms with Gasteiger partial charge < -0.3 is 15.1 Å². The Morgan fingerprint density at radius 2 is 1.82 bits per heavy atom. The van der Waals surface area contributed by atoms with Crippen LogP contribution in [0.3, 0.4) is 0 Å². The van der Waals surface area contributed by atoms with Crippen molar-refractivity contribution in [2.45, 2.75) is 12.6 Å². The molecule has 33 heavy (non-hydrogen) atoms. The maximum Gasteiger partial charge on any atom is 0.417 e. The molecule has 0 spiro atoms. The average Bonchev–Trinajstić information content (AvgIpc) is 3.24. The number of para-hydroxylation sites is 1. The van der Waals surface area contributed by atoms with E-state index in [4.69, 9.17) is 0 Å². The van der Waals surface area contributed by atoms with Crippen molar-refractivity contribution in [2.75, 3.05) is 36.4 Å². The summed E-state index contributed by atoms with van der Waals surface area (Å²) in [6.07, 6.45) is -2.97. The van der Waals surface area contributed by atoms with Crippen LogP contribution in [0.5, 0.6) is 0 Å². The topological polar surface area (TPSA) is 65.5 Å². The number of carbonyl (C=O) groups is 2. The molecule has 1 aliphatic rings. The molecule has 2 aromatic heterocycles. The molecule has 172 valence electrons. The van der Waals surface area contributed by atoms with Crippen LogP contribution in [0.15, 0.2) is 59.4 Å². The Kier molecular flexibility index (Phi) is 6.64. The first-order valence-corrected chi connectivity index (χ1v) is 11.3. The lowest BCUT2D eigenvalue weighted by atomic mass is 10.1. The van der Waals surface area contributed by atoms with Crippen LogP contribution in [0.2, 0.25) is 0 Å². The largest absolute Gasteiger partial charge is 0.417 e. The normalized spacial score (nSPS) is 14.6. The monoisotopic (exact) mass is 474 g/mol. The van der Waals surface area contributed by atoms with Crippen molar-refractivity contribution in [1.29, 1.82) is 0 Å². The van der Waals surface area contributed by atoms with Gasteiger partial charge in [0.25, 0.3) is 11.8 Å². The number of nitrogens with zero attached hydrogens (tertiary/aromatic N) is 3. The molecule has 3 heterocycles. The second-order valence-corrected chi connectivity index (χ2v) is 8.33. The molecule has 1 fully saturated rings. The number of halogens is 3. The summed E-state index contributed by atoms with van der Waals surface area (Å²) in [5, 5.41) is 6.35. The number of pyridine rings is 1. The van der Waals surface area contributed by atoms with Crippen molar-refractivity contribution in [2.24, 2.45) is 0 Å². The van der Waals surface area contributed by atoms with Gasteiger partial charge in [-0.2, -0.15) is 24.5 Å². The zero-order valence-electron chi connectivity index (χ0n) is 17.5. The SMILES string of the molecule is O=C(Nc1ccccc1C(=O)N1CCCN(c2ccc(C(F)(F)F)cn2)CC1)c1ccsc1. The van der Waals surface area contributed by atoms with Gasteiger partial charge in [-0.25, -0.2) is 4.98 Å². The molecular weight excluding hydrogens is 453 g/mol. The lowest BCUT2D eigenvalue weighted by Crippen LogP contribution is -2.36. The van der Waals surface area contributed by atoms with E-state index in [1.54, 1.807) is 46.0 Å². The molecule has 0 radical (unpaired) electrons. The molecule has 0 aliphatic carbocycles. The first-order valence-electron chi connectivity index (χ1n) is 10.3. The fourth-order valence-electron chi connectivity index (χ4n) is 3.63. The van der Waals surface area contributed by atoms with Crippen molar-refractivity contribution in [3.8, 4) is 0 Å². The number of benzene rings is 1. The average molecular weight is 475 g/mol. The standard InChI is InChI=1S/C23H21F3N4O2S/c24-23(25,26)17-6-7-20(27-14-17)29-9-3-10-30(12-11-29)22(32)18-4-1-2-5-19(18)28-21(31)16-8-13-33-15-16/h1-2,4-8,13-15H,3,9-12H2,(H,28,31). The fourth-order valence-corrected chi connectivity index (χ4v) is 4.26. The smallest absolute Gasteiger partial charge is 0.355 e. The van der Waals surface area contributed by atoms with Crippen LogP contribution in [0.25, 0.3) is 0 Å². The predicted octanol–water partition coefficient (Wildman–Crippen LogP) is 4.77. The van der Waals surface area contributed by atoms with E-state index in [-0.39, 0.29) is 11.8 Å². The van der Waals surface area contributed by atoms with E-state index >= 15 is 0 Å². The Morgan fingerprint density at radius 1 is 1.00 bits per heavy atom. The first kappa shape index (κ1) is 22.8. The third-order valence-electron chi connectivity index (χ3n) is 5.37. The second-order valence-electron chi connectivity index (χ2n) is 7.55. The summed E-state index contributed by atoms with van der Waals surface area (Å²) in [6.45, 7) is 1.88. The molecule has 1 N–H and O–H groups in total. The van der Waals surface area contributed by atoms with Crippen LogP contribution in [0.1, 0.15) is 32.7 Å². The van der Waals surface area contributed by atoms with Gasteiger partial charge in [0.05, 0.1) is 22.4 Å². The molecule has 6 nitrogen and oxygen atoms in total. The Hall–Kier alpha value is -3.40. The minimum atomic E-state index is -4.43. The summed E-state index contributed by atoms with van der Waals surface area (Å²) in [5.74, 6) is -0.0499. The van der Waals surface area contributed by atoms with Gasteiger partial charge in [0, 0.05) is 37.8 Å². The number of hydrogen-bond donors (Lipinski definition) is 1. The highest BCUT2D eigenvalue weighted by atomic mass is 32.1. The quantitative estimate of drug-likeness (QED) is 0.592. The second kappa shape index (κ2) is 9.62. The first-order chi connectivity index (χ1) is 15.8. The molecule has 0 bridgehead atoms. The molecule has 10 heteroatoms. The predicted molar refractivity (Wildman–Crippen MR) is 121 cm³/mol. The fraction of sp³-hybridized carbons (Fsp3) is 0.261. The van der Waals surface area contributed by atoms with Gasteiger partial charge in [0.15, 0.2) is 0 Å². The van der Waals surface area contributed by atoms with E-state index in [1.165, 1.54) is 17.4 Å². The Labute approximate surface area is 192 Å². The van der Waals surface area contributed by atoms with Gasteiger partial charge >= 0.3 is 6.18 Å². The van der Waals surface area contributed by atoms with Crippen molar-refractivity contribution in [3.63, 3.8) is 0 Å². The van der Waals surface area contributed by atoms with E-state index in [0.717, 1.165) is 12.3 Å². The highest BCUT2D eigenvalue weighted by Crippen LogP contribution is 2.29. The number of anilines is 2.